The second kappa shape index (κ2) is 5.65. The van der Waals surface area contributed by atoms with Crippen molar-refractivity contribution >= 4 is 0 Å². The van der Waals surface area contributed by atoms with Crippen LogP contribution >= 0.6 is 0 Å². The Balaban J connectivity index is 1.74. The highest BCUT2D eigenvalue weighted by molar-refractivity contribution is 5.04. The first-order valence-corrected chi connectivity index (χ1v) is 6.68. The van der Waals surface area contributed by atoms with Gasteiger partial charge < -0.3 is 14.8 Å². The minimum Gasteiger partial charge on any atom is -0.382 e. The van der Waals surface area contributed by atoms with E-state index in [2.05, 4.69) is 24.1 Å². The first kappa shape index (κ1) is 13.3. The standard InChI is InChI=1S/C13H26N2O2/c1-13(2)12-9-14-8-11(12)10-15(13)4-5-17-7-6-16-3/h11-12,14H,4-10H2,1-3H3. The minimum atomic E-state index is 0.318. The van der Waals surface area contributed by atoms with Crippen molar-refractivity contribution in [3.63, 3.8) is 0 Å². The summed E-state index contributed by atoms with van der Waals surface area (Å²) in [4.78, 5) is 2.59. The molecule has 2 saturated heterocycles. The van der Waals surface area contributed by atoms with Crippen molar-refractivity contribution in [3.8, 4) is 0 Å². The summed E-state index contributed by atoms with van der Waals surface area (Å²) >= 11 is 0. The molecule has 0 spiro atoms. The van der Waals surface area contributed by atoms with Crippen molar-refractivity contribution in [1.29, 1.82) is 0 Å². The van der Waals surface area contributed by atoms with Crippen LogP contribution < -0.4 is 5.32 Å². The first-order valence-electron chi connectivity index (χ1n) is 6.68. The second-order valence-corrected chi connectivity index (χ2v) is 5.73. The summed E-state index contributed by atoms with van der Waals surface area (Å²) in [6.45, 7) is 11.6. The molecule has 2 unspecified atom stereocenters. The van der Waals surface area contributed by atoms with Crippen molar-refractivity contribution in [2.45, 2.75) is 19.4 Å². The Kier molecular flexibility index (Phi) is 4.42. The van der Waals surface area contributed by atoms with E-state index in [4.69, 9.17) is 9.47 Å². The lowest BCUT2D eigenvalue weighted by Gasteiger charge is -2.35. The normalized spacial score (nSPS) is 31.9. The zero-order valence-electron chi connectivity index (χ0n) is 11.4. The van der Waals surface area contributed by atoms with Gasteiger partial charge in [-0.1, -0.05) is 0 Å². The maximum absolute atomic E-state index is 5.57. The van der Waals surface area contributed by atoms with Gasteiger partial charge in [-0.15, -0.1) is 0 Å². The van der Waals surface area contributed by atoms with E-state index >= 15 is 0 Å². The molecule has 2 heterocycles. The Morgan fingerprint density at radius 2 is 2.06 bits per heavy atom. The molecule has 2 aliphatic rings. The van der Waals surface area contributed by atoms with Crippen molar-refractivity contribution in [2.24, 2.45) is 11.8 Å². The molecule has 1 N–H and O–H groups in total. The summed E-state index contributed by atoms with van der Waals surface area (Å²) in [5.74, 6) is 1.64. The fraction of sp³-hybridized carbons (Fsp3) is 1.00. The highest BCUT2D eigenvalue weighted by Gasteiger charge is 2.48. The molecule has 0 aliphatic carbocycles. The maximum atomic E-state index is 5.57. The number of rotatable bonds is 6. The van der Waals surface area contributed by atoms with E-state index in [0.29, 0.717) is 18.8 Å². The molecular formula is C13H26N2O2. The largest absolute Gasteiger partial charge is 0.382 e. The van der Waals surface area contributed by atoms with Gasteiger partial charge in [0.1, 0.15) is 0 Å². The van der Waals surface area contributed by atoms with Gasteiger partial charge in [-0.05, 0) is 32.2 Å². The molecule has 100 valence electrons. The fourth-order valence-corrected chi connectivity index (χ4v) is 3.30. The van der Waals surface area contributed by atoms with E-state index in [9.17, 15) is 0 Å². The number of nitrogens with one attached hydrogen (secondary N) is 1. The van der Waals surface area contributed by atoms with E-state index in [1.54, 1.807) is 7.11 Å². The number of methoxy groups -OCH3 is 1. The van der Waals surface area contributed by atoms with Gasteiger partial charge in [0.15, 0.2) is 0 Å². The van der Waals surface area contributed by atoms with E-state index in [-0.39, 0.29) is 0 Å². The maximum Gasteiger partial charge on any atom is 0.0700 e. The molecule has 2 atom stereocenters. The van der Waals surface area contributed by atoms with Crippen LogP contribution in [0.5, 0.6) is 0 Å². The van der Waals surface area contributed by atoms with Crippen LogP contribution in [-0.2, 0) is 9.47 Å². The molecular weight excluding hydrogens is 216 g/mol. The second-order valence-electron chi connectivity index (χ2n) is 5.73. The Morgan fingerprint density at radius 3 is 2.76 bits per heavy atom. The Morgan fingerprint density at radius 1 is 1.24 bits per heavy atom. The lowest BCUT2D eigenvalue weighted by atomic mass is 9.85. The average Bonchev–Trinajstić information content (AvgIpc) is 2.83. The molecule has 17 heavy (non-hydrogen) atoms. The van der Waals surface area contributed by atoms with Gasteiger partial charge >= 0.3 is 0 Å². The van der Waals surface area contributed by atoms with Gasteiger partial charge in [0, 0.05) is 32.3 Å². The average molecular weight is 242 g/mol. The predicted octanol–water partition coefficient (Wildman–Crippen LogP) is 0.579. The zero-order chi connectivity index (χ0) is 12.3. The Bertz CT molecular complexity index is 246. The van der Waals surface area contributed by atoms with Gasteiger partial charge in [-0.2, -0.15) is 0 Å². The van der Waals surface area contributed by atoms with E-state index in [0.717, 1.165) is 25.0 Å². The molecule has 2 rings (SSSR count). The van der Waals surface area contributed by atoms with Crippen molar-refractivity contribution in [3.05, 3.63) is 0 Å². The minimum absolute atomic E-state index is 0.318. The monoisotopic (exact) mass is 242 g/mol. The highest BCUT2D eigenvalue weighted by atomic mass is 16.5. The molecule has 2 fully saturated rings. The van der Waals surface area contributed by atoms with Crippen LogP contribution in [0, 0.1) is 11.8 Å². The van der Waals surface area contributed by atoms with Gasteiger partial charge in [0.05, 0.1) is 19.8 Å². The molecule has 0 saturated carbocycles. The number of ether oxygens (including phenoxy) is 2. The number of likely N-dealkylation sites (tertiary alicyclic amines) is 1. The lowest BCUT2D eigenvalue weighted by Crippen LogP contribution is -2.45. The van der Waals surface area contributed by atoms with Gasteiger partial charge in [0.25, 0.3) is 0 Å². The third-order valence-electron chi connectivity index (χ3n) is 4.45. The fourth-order valence-electron chi connectivity index (χ4n) is 3.30. The van der Waals surface area contributed by atoms with Crippen LogP contribution in [0.2, 0.25) is 0 Å². The summed E-state index contributed by atoms with van der Waals surface area (Å²) in [6.07, 6.45) is 0. The van der Waals surface area contributed by atoms with Gasteiger partial charge in [-0.25, -0.2) is 0 Å². The third kappa shape index (κ3) is 2.81. The summed E-state index contributed by atoms with van der Waals surface area (Å²) in [5.41, 5.74) is 0.318. The van der Waals surface area contributed by atoms with Crippen molar-refractivity contribution < 1.29 is 9.47 Å². The van der Waals surface area contributed by atoms with E-state index < -0.39 is 0 Å². The number of fused-ring (bicyclic) bond motifs is 1. The van der Waals surface area contributed by atoms with Crippen molar-refractivity contribution in [1.82, 2.24) is 10.2 Å². The molecule has 0 radical (unpaired) electrons. The smallest absolute Gasteiger partial charge is 0.0700 e. The number of hydrogen-bond acceptors (Lipinski definition) is 4. The highest BCUT2D eigenvalue weighted by Crippen LogP contribution is 2.40. The molecule has 0 aromatic heterocycles. The zero-order valence-corrected chi connectivity index (χ0v) is 11.4. The van der Waals surface area contributed by atoms with E-state index in [1.165, 1.54) is 19.6 Å². The summed E-state index contributed by atoms with van der Waals surface area (Å²) in [7, 11) is 1.71. The molecule has 0 aromatic carbocycles. The SMILES string of the molecule is COCCOCCN1CC2CNCC2C1(C)C. The molecule has 4 nitrogen and oxygen atoms in total. The first-order chi connectivity index (χ1) is 8.16. The van der Waals surface area contributed by atoms with Crippen LogP contribution in [0.25, 0.3) is 0 Å². The topological polar surface area (TPSA) is 33.7 Å². The molecule has 2 aliphatic heterocycles. The lowest BCUT2D eigenvalue weighted by molar-refractivity contribution is 0.0411. The summed E-state index contributed by atoms with van der Waals surface area (Å²) in [6, 6.07) is 0. The van der Waals surface area contributed by atoms with Gasteiger partial charge in [0.2, 0.25) is 0 Å². The Labute approximate surface area is 105 Å². The van der Waals surface area contributed by atoms with Crippen LogP contribution in [0.1, 0.15) is 13.8 Å². The predicted molar refractivity (Wildman–Crippen MR) is 68.2 cm³/mol. The quantitative estimate of drug-likeness (QED) is 0.691. The van der Waals surface area contributed by atoms with E-state index in [1.807, 2.05) is 0 Å². The molecule has 0 amide bonds. The number of nitrogens with zero attached hydrogens (tertiary/aromatic N) is 1. The third-order valence-corrected chi connectivity index (χ3v) is 4.45. The molecule has 0 aromatic rings. The summed E-state index contributed by atoms with van der Waals surface area (Å²) in [5, 5.41) is 3.51. The van der Waals surface area contributed by atoms with Crippen LogP contribution in [0.4, 0.5) is 0 Å². The van der Waals surface area contributed by atoms with Crippen LogP contribution in [0.15, 0.2) is 0 Å². The molecule has 0 bridgehead atoms. The van der Waals surface area contributed by atoms with Crippen LogP contribution in [0.3, 0.4) is 0 Å². The Hall–Kier alpha value is -0.160. The van der Waals surface area contributed by atoms with Gasteiger partial charge in [-0.3, -0.25) is 4.90 Å². The molecule has 4 heteroatoms. The summed E-state index contributed by atoms with van der Waals surface area (Å²) < 4.78 is 10.5. The number of hydrogen-bond donors (Lipinski definition) is 1. The van der Waals surface area contributed by atoms with Crippen molar-refractivity contribution in [2.75, 3.05) is 53.1 Å². The van der Waals surface area contributed by atoms with Crippen LogP contribution in [-0.4, -0.2) is 63.5 Å².